The third-order valence-electron chi connectivity index (χ3n) is 3.32. The van der Waals surface area contributed by atoms with E-state index in [9.17, 15) is 13.2 Å². The predicted molar refractivity (Wildman–Crippen MR) is 49.3 cm³/mol. The lowest BCUT2D eigenvalue weighted by atomic mass is 9.82. The van der Waals surface area contributed by atoms with E-state index in [0.29, 0.717) is 19.4 Å². The van der Waals surface area contributed by atoms with Gasteiger partial charge in [0.1, 0.15) is 5.72 Å². The summed E-state index contributed by atoms with van der Waals surface area (Å²) in [5, 5.41) is 3.11. The fourth-order valence-corrected chi connectivity index (χ4v) is 2.51. The lowest BCUT2D eigenvalue weighted by Gasteiger charge is -2.44. The second-order valence-electron chi connectivity index (χ2n) is 4.46. The summed E-state index contributed by atoms with van der Waals surface area (Å²) in [5.74, 6) is -1.20. The van der Waals surface area contributed by atoms with Gasteiger partial charge in [-0.25, -0.2) is 0 Å². The van der Waals surface area contributed by atoms with Gasteiger partial charge >= 0.3 is 6.18 Å². The summed E-state index contributed by atoms with van der Waals surface area (Å²) in [5.41, 5.74) is -0.684. The smallest absolute Gasteiger partial charge is 0.361 e. The highest BCUT2D eigenvalue weighted by Crippen LogP contribution is 2.42. The normalized spacial score (nSPS) is 38.2. The maximum absolute atomic E-state index is 12.6. The van der Waals surface area contributed by atoms with Gasteiger partial charge in [-0.1, -0.05) is 0 Å². The molecule has 1 N–H and O–H groups in total. The Morgan fingerprint density at radius 1 is 1.27 bits per heavy atom. The molecule has 88 valence electrons. The second kappa shape index (κ2) is 3.94. The molecule has 0 aromatic rings. The molecule has 0 radical (unpaired) electrons. The van der Waals surface area contributed by atoms with Gasteiger partial charge in [-0.2, -0.15) is 13.2 Å². The van der Waals surface area contributed by atoms with Crippen LogP contribution in [0.2, 0.25) is 0 Å². The van der Waals surface area contributed by atoms with Gasteiger partial charge in [0.05, 0.1) is 12.5 Å². The van der Waals surface area contributed by atoms with Crippen molar-refractivity contribution < 1.29 is 17.9 Å². The van der Waals surface area contributed by atoms with E-state index < -0.39 is 17.8 Å². The Hall–Kier alpha value is -0.290. The molecule has 2 nitrogen and oxygen atoms in total. The van der Waals surface area contributed by atoms with Gasteiger partial charge in [-0.3, -0.25) is 5.32 Å². The molecular formula is C10H16F3NO. The van der Waals surface area contributed by atoms with Crippen molar-refractivity contribution in [3.63, 3.8) is 0 Å². The molecular weight excluding hydrogens is 207 g/mol. The van der Waals surface area contributed by atoms with Crippen molar-refractivity contribution in [3.8, 4) is 0 Å². The summed E-state index contributed by atoms with van der Waals surface area (Å²) in [6.07, 6.45) is -1.56. The Morgan fingerprint density at radius 3 is 2.67 bits per heavy atom. The van der Waals surface area contributed by atoms with Crippen molar-refractivity contribution in [3.05, 3.63) is 0 Å². The topological polar surface area (TPSA) is 21.3 Å². The summed E-state index contributed by atoms with van der Waals surface area (Å²) < 4.78 is 43.3. The van der Waals surface area contributed by atoms with Gasteiger partial charge < -0.3 is 4.74 Å². The lowest BCUT2D eigenvalue weighted by molar-refractivity contribution is -0.217. The highest BCUT2D eigenvalue weighted by Gasteiger charge is 2.48. The van der Waals surface area contributed by atoms with E-state index in [4.69, 9.17) is 4.74 Å². The summed E-state index contributed by atoms with van der Waals surface area (Å²) in [4.78, 5) is 0. The molecule has 5 heteroatoms. The molecule has 1 aliphatic carbocycles. The van der Waals surface area contributed by atoms with E-state index in [0.717, 1.165) is 13.0 Å². The molecule has 1 saturated heterocycles. The summed E-state index contributed by atoms with van der Waals surface area (Å²) >= 11 is 0. The minimum Gasteiger partial charge on any atom is -0.361 e. The van der Waals surface area contributed by atoms with Crippen LogP contribution in [0.15, 0.2) is 0 Å². The molecule has 2 rings (SSSR count). The number of hydrogen-bond acceptors (Lipinski definition) is 2. The second-order valence-corrected chi connectivity index (χ2v) is 4.46. The van der Waals surface area contributed by atoms with Crippen LogP contribution in [-0.4, -0.2) is 25.1 Å². The predicted octanol–water partition coefficient (Wildman–Crippen LogP) is 2.45. The molecule has 2 atom stereocenters. The van der Waals surface area contributed by atoms with E-state index in [1.54, 1.807) is 0 Å². The zero-order valence-electron chi connectivity index (χ0n) is 8.57. The third-order valence-corrected chi connectivity index (χ3v) is 3.32. The minimum atomic E-state index is -4.07. The van der Waals surface area contributed by atoms with Crippen LogP contribution in [0.5, 0.6) is 0 Å². The van der Waals surface area contributed by atoms with Crippen molar-refractivity contribution in [1.29, 1.82) is 0 Å². The maximum Gasteiger partial charge on any atom is 0.391 e. The van der Waals surface area contributed by atoms with Crippen LogP contribution in [0.1, 0.15) is 32.1 Å². The molecule has 0 amide bonds. The standard InChI is InChI=1S/C10H16F3NO/c11-10(12,13)8-3-1-4-9(7-8)14-5-2-6-15-9/h8,14H,1-7H2. The Morgan fingerprint density at radius 2 is 2.07 bits per heavy atom. The molecule has 1 saturated carbocycles. The minimum absolute atomic E-state index is 0.0799. The average Bonchev–Trinajstić information content (AvgIpc) is 2.18. The fraction of sp³-hybridized carbons (Fsp3) is 1.00. The van der Waals surface area contributed by atoms with E-state index in [-0.39, 0.29) is 12.8 Å². The molecule has 1 spiro atoms. The molecule has 0 aromatic carbocycles. The number of nitrogens with one attached hydrogen (secondary N) is 1. The van der Waals surface area contributed by atoms with Crippen molar-refractivity contribution >= 4 is 0 Å². The van der Waals surface area contributed by atoms with Gasteiger partial charge in [0.25, 0.3) is 0 Å². The number of alkyl halides is 3. The number of ether oxygens (including phenoxy) is 1. The average molecular weight is 223 g/mol. The Kier molecular flexibility index (Phi) is 2.94. The summed E-state index contributed by atoms with van der Waals surface area (Å²) in [6, 6.07) is 0. The molecule has 1 aliphatic heterocycles. The highest BCUT2D eigenvalue weighted by molar-refractivity contribution is 4.90. The third kappa shape index (κ3) is 2.45. The number of rotatable bonds is 0. The van der Waals surface area contributed by atoms with Crippen molar-refractivity contribution in [1.82, 2.24) is 5.32 Å². The zero-order chi connectivity index (χ0) is 10.9. The first-order valence-electron chi connectivity index (χ1n) is 5.48. The van der Waals surface area contributed by atoms with Crippen LogP contribution in [0, 0.1) is 5.92 Å². The first-order valence-corrected chi connectivity index (χ1v) is 5.48. The van der Waals surface area contributed by atoms with Crippen molar-refractivity contribution in [2.45, 2.75) is 44.0 Å². The Bertz CT molecular complexity index is 218. The van der Waals surface area contributed by atoms with Crippen LogP contribution in [0.25, 0.3) is 0 Å². The van der Waals surface area contributed by atoms with E-state index in [1.165, 1.54) is 0 Å². The van der Waals surface area contributed by atoms with Gasteiger partial charge in [0, 0.05) is 6.42 Å². The molecule has 2 unspecified atom stereocenters. The lowest BCUT2D eigenvalue weighted by Crippen LogP contribution is -2.55. The Balaban J connectivity index is 2.02. The van der Waals surface area contributed by atoms with Crippen LogP contribution >= 0.6 is 0 Å². The Labute approximate surface area is 87.2 Å². The van der Waals surface area contributed by atoms with E-state index in [1.807, 2.05) is 0 Å². The number of halogens is 3. The fourth-order valence-electron chi connectivity index (χ4n) is 2.51. The monoisotopic (exact) mass is 223 g/mol. The van der Waals surface area contributed by atoms with Crippen LogP contribution in [-0.2, 0) is 4.74 Å². The molecule has 2 aliphatic rings. The zero-order valence-corrected chi connectivity index (χ0v) is 8.57. The SMILES string of the molecule is FC(F)(F)C1CCCC2(C1)NCCCO2. The van der Waals surface area contributed by atoms with E-state index >= 15 is 0 Å². The molecule has 0 aromatic heterocycles. The summed E-state index contributed by atoms with van der Waals surface area (Å²) in [6.45, 7) is 1.35. The first kappa shape index (κ1) is 11.2. The van der Waals surface area contributed by atoms with Gasteiger partial charge in [0.2, 0.25) is 0 Å². The van der Waals surface area contributed by atoms with Gasteiger partial charge in [-0.05, 0) is 32.2 Å². The largest absolute Gasteiger partial charge is 0.391 e. The van der Waals surface area contributed by atoms with Crippen molar-refractivity contribution in [2.24, 2.45) is 5.92 Å². The van der Waals surface area contributed by atoms with Crippen LogP contribution in [0.4, 0.5) is 13.2 Å². The van der Waals surface area contributed by atoms with Crippen LogP contribution in [0.3, 0.4) is 0 Å². The van der Waals surface area contributed by atoms with Gasteiger partial charge in [0.15, 0.2) is 0 Å². The number of hydrogen-bond donors (Lipinski definition) is 1. The highest BCUT2D eigenvalue weighted by atomic mass is 19.4. The summed E-state index contributed by atoms with van der Waals surface area (Å²) in [7, 11) is 0. The van der Waals surface area contributed by atoms with Crippen LogP contribution < -0.4 is 5.32 Å². The van der Waals surface area contributed by atoms with E-state index in [2.05, 4.69) is 5.32 Å². The first-order chi connectivity index (χ1) is 7.02. The maximum atomic E-state index is 12.6. The molecule has 2 fully saturated rings. The molecule has 1 heterocycles. The van der Waals surface area contributed by atoms with Gasteiger partial charge in [-0.15, -0.1) is 0 Å². The molecule has 15 heavy (non-hydrogen) atoms. The molecule has 0 bridgehead atoms. The quantitative estimate of drug-likeness (QED) is 0.681. The van der Waals surface area contributed by atoms with Crippen molar-refractivity contribution in [2.75, 3.05) is 13.2 Å².